The number of piperidine rings is 1. The molecule has 1 aromatic heterocycles. The molecule has 0 radical (unpaired) electrons. The lowest BCUT2D eigenvalue weighted by Gasteiger charge is -2.32. The zero-order valence-electron chi connectivity index (χ0n) is 9.64. The number of carbonyl (C=O) groups is 1. The first-order chi connectivity index (χ1) is 8.54. The molecule has 18 heavy (non-hydrogen) atoms. The van der Waals surface area contributed by atoms with Crippen LogP contribution in [0.2, 0.25) is 5.15 Å². The molecule has 7 nitrogen and oxygen atoms in total. The Bertz CT molecular complexity index is 428. The largest absolute Gasteiger partial charge is 0.465 e. The van der Waals surface area contributed by atoms with Crippen molar-refractivity contribution in [2.75, 3.05) is 23.7 Å². The molecular formula is C10H14ClN5O2. The maximum Gasteiger partial charge on any atom is 0.404 e. The van der Waals surface area contributed by atoms with Gasteiger partial charge < -0.3 is 21.1 Å². The van der Waals surface area contributed by atoms with Crippen molar-refractivity contribution in [1.29, 1.82) is 0 Å². The Morgan fingerprint density at radius 3 is 2.72 bits per heavy atom. The van der Waals surface area contributed by atoms with Crippen molar-refractivity contribution in [3.63, 3.8) is 0 Å². The number of carboxylic acid groups (broad SMARTS) is 1. The predicted octanol–water partition coefficient (Wildman–Crippen LogP) is 0.949. The summed E-state index contributed by atoms with van der Waals surface area (Å²) < 4.78 is 0. The summed E-state index contributed by atoms with van der Waals surface area (Å²) in [5.74, 6) is 0.824. The van der Waals surface area contributed by atoms with E-state index in [2.05, 4.69) is 15.3 Å². The fraction of sp³-hybridized carbons (Fsp3) is 0.500. The molecule has 4 N–H and O–H groups in total. The van der Waals surface area contributed by atoms with Crippen molar-refractivity contribution in [3.05, 3.63) is 11.2 Å². The number of aromatic nitrogens is 2. The van der Waals surface area contributed by atoms with Crippen LogP contribution in [0, 0.1) is 0 Å². The zero-order chi connectivity index (χ0) is 13.1. The second-order valence-corrected chi connectivity index (χ2v) is 4.51. The molecule has 98 valence electrons. The maximum absolute atomic E-state index is 10.5. The highest BCUT2D eigenvalue weighted by molar-refractivity contribution is 6.29. The number of halogens is 1. The van der Waals surface area contributed by atoms with E-state index >= 15 is 0 Å². The first kappa shape index (κ1) is 12.7. The highest BCUT2D eigenvalue weighted by atomic mass is 35.5. The summed E-state index contributed by atoms with van der Waals surface area (Å²) in [5.41, 5.74) is 5.54. The number of anilines is 2. The molecule has 0 aromatic carbocycles. The van der Waals surface area contributed by atoms with Crippen molar-refractivity contribution in [2.24, 2.45) is 0 Å². The highest BCUT2D eigenvalue weighted by Crippen LogP contribution is 2.21. The minimum absolute atomic E-state index is 0.00611. The van der Waals surface area contributed by atoms with Gasteiger partial charge in [0.15, 0.2) is 0 Å². The molecule has 8 heteroatoms. The van der Waals surface area contributed by atoms with Gasteiger partial charge in [0.1, 0.15) is 11.0 Å². The Balaban J connectivity index is 1.98. The van der Waals surface area contributed by atoms with E-state index in [1.165, 1.54) is 0 Å². The van der Waals surface area contributed by atoms with Crippen molar-refractivity contribution in [1.82, 2.24) is 15.3 Å². The van der Waals surface area contributed by atoms with Crippen LogP contribution < -0.4 is 16.0 Å². The molecular weight excluding hydrogens is 258 g/mol. The van der Waals surface area contributed by atoms with E-state index in [0.29, 0.717) is 24.1 Å². The summed E-state index contributed by atoms with van der Waals surface area (Å²) >= 11 is 5.82. The minimum atomic E-state index is -0.984. The summed E-state index contributed by atoms with van der Waals surface area (Å²) in [5, 5.41) is 11.4. The number of amides is 1. The van der Waals surface area contributed by atoms with Crippen molar-refractivity contribution in [2.45, 2.75) is 18.9 Å². The Labute approximate surface area is 109 Å². The number of rotatable bonds is 2. The number of hydrogen-bond donors (Lipinski definition) is 3. The number of nitrogens with zero attached hydrogens (tertiary/aromatic N) is 3. The van der Waals surface area contributed by atoms with E-state index in [0.717, 1.165) is 12.8 Å². The van der Waals surface area contributed by atoms with Gasteiger partial charge in [0.05, 0.1) is 0 Å². The van der Waals surface area contributed by atoms with E-state index in [9.17, 15) is 4.79 Å². The van der Waals surface area contributed by atoms with Crippen LogP contribution >= 0.6 is 11.6 Å². The minimum Gasteiger partial charge on any atom is -0.465 e. The lowest BCUT2D eigenvalue weighted by Crippen LogP contribution is -2.44. The smallest absolute Gasteiger partial charge is 0.404 e. The summed E-state index contributed by atoms with van der Waals surface area (Å²) in [7, 11) is 0. The van der Waals surface area contributed by atoms with Gasteiger partial charge in [0, 0.05) is 25.2 Å². The van der Waals surface area contributed by atoms with Gasteiger partial charge in [-0.05, 0) is 12.8 Å². The fourth-order valence-corrected chi connectivity index (χ4v) is 2.20. The molecule has 0 aliphatic carbocycles. The van der Waals surface area contributed by atoms with Crippen molar-refractivity contribution >= 4 is 29.5 Å². The third-order valence-corrected chi connectivity index (χ3v) is 3.04. The summed E-state index contributed by atoms with van der Waals surface area (Å²) in [6, 6.07) is 1.65. The van der Waals surface area contributed by atoms with Crippen LogP contribution in [0.5, 0.6) is 0 Å². The van der Waals surface area contributed by atoms with Crippen LogP contribution in [0.15, 0.2) is 6.07 Å². The van der Waals surface area contributed by atoms with Gasteiger partial charge in [-0.15, -0.1) is 0 Å². The molecule has 0 spiro atoms. The van der Waals surface area contributed by atoms with E-state index in [4.69, 9.17) is 22.4 Å². The van der Waals surface area contributed by atoms with Crippen LogP contribution in [0.1, 0.15) is 12.8 Å². The molecule has 1 saturated heterocycles. The number of nitrogens with one attached hydrogen (secondary N) is 1. The molecule has 0 bridgehead atoms. The average molecular weight is 272 g/mol. The molecule has 1 fully saturated rings. The van der Waals surface area contributed by atoms with E-state index < -0.39 is 6.09 Å². The molecule has 1 aliphatic heterocycles. The second kappa shape index (κ2) is 5.26. The quantitative estimate of drug-likeness (QED) is 0.692. The number of hydrogen-bond acceptors (Lipinski definition) is 5. The van der Waals surface area contributed by atoms with E-state index in [1.807, 2.05) is 4.90 Å². The highest BCUT2D eigenvalue weighted by Gasteiger charge is 2.21. The van der Waals surface area contributed by atoms with Gasteiger partial charge in [0.2, 0.25) is 5.95 Å². The Kier molecular flexibility index (Phi) is 3.71. The number of nitrogens with two attached hydrogens (primary N) is 1. The summed E-state index contributed by atoms with van der Waals surface area (Å²) in [6.07, 6.45) is 0.476. The first-order valence-corrected chi connectivity index (χ1v) is 5.97. The van der Waals surface area contributed by atoms with Crippen LogP contribution in [-0.4, -0.2) is 40.3 Å². The fourth-order valence-electron chi connectivity index (χ4n) is 2.01. The Morgan fingerprint density at radius 2 is 2.17 bits per heavy atom. The maximum atomic E-state index is 10.5. The van der Waals surface area contributed by atoms with Crippen LogP contribution in [-0.2, 0) is 0 Å². The summed E-state index contributed by atoms with van der Waals surface area (Å²) in [6.45, 7) is 1.41. The van der Waals surface area contributed by atoms with Gasteiger partial charge in [-0.1, -0.05) is 11.6 Å². The predicted molar refractivity (Wildman–Crippen MR) is 67.8 cm³/mol. The molecule has 2 rings (SSSR count). The van der Waals surface area contributed by atoms with Crippen LogP contribution in [0.25, 0.3) is 0 Å². The third-order valence-electron chi connectivity index (χ3n) is 2.85. The van der Waals surface area contributed by atoms with Crippen molar-refractivity contribution in [3.8, 4) is 0 Å². The standard InChI is InChI=1S/C10H14ClN5O2/c11-7-5-8(15-9(12)14-7)16-3-1-6(2-4-16)13-10(17)18/h5-6,13H,1-4H2,(H,17,18)(H2,12,14,15). The van der Waals surface area contributed by atoms with E-state index in [-0.39, 0.29) is 12.0 Å². The molecule has 0 unspecified atom stereocenters. The normalized spacial score (nSPS) is 16.6. The van der Waals surface area contributed by atoms with Gasteiger partial charge in [0.25, 0.3) is 0 Å². The Hall–Kier alpha value is -1.76. The van der Waals surface area contributed by atoms with E-state index in [1.54, 1.807) is 6.07 Å². The van der Waals surface area contributed by atoms with Gasteiger partial charge >= 0.3 is 6.09 Å². The topological polar surface area (TPSA) is 104 Å². The molecule has 2 heterocycles. The summed E-state index contributed by atoms with van der Waals surface area (Å²) in [4.78, 5) is 20.5. The zero-order valence-corrected chi connectivity index (χ0v) is 10.4. The van der Waals surface area contributed by atoms with Crippen LogP contribution in [0.4, 0.5) is 16.6 Å². The SMILES string of the molecule is Nc1nc(Cl)cc(N2CCC(NC(=O)O)CC2)n1. The van der Waals surface area contributed by atoms with Crippen molar-refractivity contribution < 1.29 is 9.90 Å². The lowest BCUT2D eigenvalue weighted by molar-refractivity contribution is 0.187. The molecule has 1 amide bonds. The third kappa shape index (κ3) is 3.13. The molecule has 1 aromatic rings. The monoisotopic (exact) mass is 271 g/mol. The molecule has 0 saturated carbocycles. The molecule has 1 aliphatic rings. The second-order valence-electron chi connectivity index (χ2n) is 4.12. The Morgan fingerprint density at radius 1 is 1.50 bits per heavy atom. The van der Waals surface area contributed by atoms with Gasteiger partial charge in [-0.25, -0.2) is 9.78 Å². The van der Waals surface area contributed by atoms with Crippen LogP contribution in [0.3, 0.4) is 0 Å². The van der Waals surface area contributed by atoms with Gasteiger partial charge in [-0.2, -0.15) is 4.98 Å². The van der Waals surface area contributed by atoms with Gasteiger partial charge in [-0.3, -0.25) is 0 Å². The first-order valence-electron chi connectivity index (χ1n) is 5.59. The average Bonchev–Trinajstić information content (AvgIpc) is 2.27. The number of nitrogen functional groups attached to an aromatic ring is 1. The molecule has 0 atom stereocenters. The lowest BCUT2D eigenvalue weighted by atomic mass is 10.1.